The minimum Gasteiger partial charge on any atom is -0.484 e. The molecule has 0 radical (unpaired) electrons. The van der Waals surface area contributed by atoms with E-state index in [1.54, 1.807) is 35.0 Å². The minimum atomic E-state index is -1.22. The summed E-state index contributed by atoms with van der Waals surface area (Å²) in [5, 5.41) is 9.57. The van der Waals surface area contributed by atoms with Crippen molar-refractivity contribution in [3.8, 4) is 11.8 Å². The lowest BCUT2D eigenvalue weighted by atomic mass is 9.72. The number of benzene rings is 1. The van der Waals surface area contributed by atoms with Crippen molar-refractivity contribution in [2.45, 2.75) is 118 Å². The van der Waals surface area contributed by atoms with E-state index in [0.717, 1.165) is 18.4 Å². The molecule has 41 heavy (non-hydrogen) atoms. The normalized spacial score (nSPS) is 20.0. The Morgan fingerprint density at radius 2 is 1.76 bits per heavy atom. The molecule has 1 aromatic heterocycles. The molecule has 1 aromatic carbocycles. The Kier molecular flexibility index (Phi) is 9.66. The van der Waals surface area contributed by atoms with E-state index in [2.05, 4.69) is 60.7 Å². The summed E-state index contributed by atoms with van der Waals surface area (Å²) >= 11 is 0. The van der Waals surface area contributed by atoms with Crippen LogP contribution in [0.3, 0.4) is 0 Å². The maximum atomic E-state index is 13.9. The first kappa shape index (κ1) is 32.6. The van der Waals surface area contributed by atoms with Crippen molar-refractivity contribution < 1.29 is 18.7 Å². The Morgan fingerprint density at radius 3 is 2.27 bits per heavy atom. The lowest BCUT2D eigenvalue weighted by molar-refractivity contribution is -0.163. The van der Waals surface area contributed by atoms with Crippen LogP contribution in [0, 0.1) is 22.2 Å². The molecule has 0 saturated carbocycles. The molecule has 0 aliphatic carbocycles. The second-order valence-electron chi connectivity index (χ2n) is 14.3. The molecule has 2 unspecified atom stereocenters. The summed E-state index contributed by atoms with van der Waals surface area (Å²) in [4.78, 5) is 26.1. The topological polar surface area (TPSA) is 90.5 Å². The van der Waals surface area contributed by atoms with Crippen molar-refractivity contribution in [2.75, 3.05) is 0 Å². The smallest absolute Gasteiger partial charge is 0.303 e. The SMILES string of the molecule is CC(=O)O[C@H]1[C@H](n2ccc(C(CCC(O[SiH](C)C)C(C)(C)C)C(C)(C)C)cc2=O)c2cc(C#N)ccc2OC1(C)C. The molecule has 0 saturated heterocycles. The molecule has 0 N–H and O–H groups in total. The van der Waals surface area contributed by atoms with E-state index in [9.17, 15) is 14.9 Å². The molecule has 0 fully saturated rings. The average molecular weight is 581 g/mol. The second kappa shape index (κ2) is 12.1. The van der Waals surface area contributed by atoms with Crippen molar-refractivity contribution in [1.82, 2.24) is 4.57 Å². The first-order chi connectivity index (χ1) is 18.8. The molecular formula is C33H48N2O5Si. The van der Waals surface area contributed by atoms with Gasteiger partial charge in [0.15, 0.2) is 15.1 Å². The molecule has 2 aromatic rings. The summed E-state index contributed by atoms with van der Waals surface area (Å²) < 4.78 is 20.1. The van der Waals surface area contributed by atoms with E-state index in [4.69, 9.17) is 13.9 Å². The highest BCUT2D eigenvalue weighted by molar-refractivity contribution is 6.48. The highest BCUT2D eigenvalue weighted by Gasteiger charge is 2.47. The van der Waals surface area contributed by atoms with Crippen LogP contribution in [0.1, 0.15) is 104 Å². The molecule has 4 atom stereocenters. The molecule has 0 amide bonds. The first-order valence-electron chi connectivity index (χ1n) is 14.6. The molecule has 2 heterocycles. The number of carbonyl (C=O) groups excluding carboxylic acids is 1. The maximum Gasteiger partial charge on any atom is 0.303 e. The minimum absolute atomic E-state index is 0.0281. The van der Waals surface area contributed by atoms with Gasteiger partial charge in [0.2, 0.25) is 0 Å². The highest BCUT2D eigenvalue weighted by Crippen LogP contribution is 2.44. The van der Waals surface area contributed by atoms with Crippen LogP contribution >= 0.6 is 0 Å². The van der Waals surface area contributed by atoms with Crippen molar-refractivity contribution in [2.24, 2.45) is 10.8 Å². The Hall–Kier alpha value is -2.89. The van der Waals surface area contributed by atoms with Crippen LogP contribution in [0.25, 0.3) is 0 Å². The third-order valence-corrected chi connectivity index (χ3v) is 8.81. The number of rotatable bonds is 8. The zero-order valence-corrected chi connectivity index (χ0v) is 27.9. The third kappa shape index (κ3) is 7.69. The third-order valence-electron chi connectivity index (χ3n) is 7.93. The van der Waals surface area contributed by atoms with Crippen LogP contribution in [0.2, 0.25) is 13.1 Å². The summed E-state index contributed by atoms with van der Waals surface area (Å²) in [5.74, 6) is 0.238. The van der Waals surface area contributed by atoms with Crippen molar-refractivity contribution in [3.63, 3.8) is 0 Å². The molecule has 1 aliphatic rings. The fraction of sp³-hybridized carbons (Fsp3) is 0.606. The summed E-state index contributed by atoms with van der Waals surface area (Å²) in [7, 11) is -1.22. The van der Waals surface area contributed by atoms with Gasteiger partial charge in [-0.25, -0.2) is 0 Å². The second-order valence-corrected chi connectivity index (χ2v) is 16.7. The monoisotopic (exact) mass is 580 g/mol. The van der Waals surface area contributed by atoms with E-state index in [0.29, 0.717) is 16.9 Å². The van der Waals surface area contributed by atoms with Gasteiger partial charge >= 0.3 is 5.97 Å². The Bertz CT molecular complexity index is 1340. The zero-order chi connectivity index (χ0) is 30.9. The fourth-order valence-corrected chi connectivity index (χ4v) is 7.11. The van der Waals surface area contributed by atoms with Crippen molar-refractivity contribution in [3.05, 3.63) is 63.6 Å². The van der Waals surface area contributed by atoms with Gasteiger partial charge in [0.05, 0.1) is 11.6 Å². The molecular weight excluding hydrogens is 532 g/mol. The molecule has 8 heteroatoms. The summed E-state index contributed by atoms with van der Waals surface area (Å²) in [6.45, 7) is 22.8. The Balaban J connectivity index is 2.08. The first-order valence-corrected chi connectivity index (χ1v) is 17.4. The molecule has 1 aliphatic heterocycles. The van der Waals surface area contributed by atoms with Gasteiger partial charge in [-0.3, -0.25) is 9.59 Å². The van der Waals surface area contributed by atoms with E-state index >= 15 is 0 Å². The average Bonchev–Trinajstić information content (AvgIpc) is 2.82. The van der Waals surface area contributed by atoms with Crippen molar-refractivity contribution >= 4 is 15.0 Å². The van der Waals surface area contributed by atoms with E-state index in [-0.39, 0.29) is 28.4 Å². The number of aromatic nitrogens is 1. The van der Waals surface area contributed by atoms with Crippen LogP contribution in [-0.4, -0.2) is 37.4 Å². The predicted molar refractivity (Wildman–Crippen MR) is 165 cm³/mol. The number of pyridine rings is 1. The number of hydrogen-bond donors (Lipinski definition) is 0. The van der Waals surface area contributed by atoms with Gasteiger partial charge in [-0.15, -0.1) is 0 Å². The number of carbonyl (C=O) groups is 1. The standard InChI is InChI=1S/C33H48N2O5Si/c1-21(36)38-30-29(24-18-22(20-34)12-14-26(24)39-33(30,8)9)35-17-16-23(19-28(35)37)25(31(2,3)4)13-15-27(32(5,6)7)40-41(10)11/h12,14,16-19,25,27,29-30,41H,13,15H2,1-11H3/t25?,27?,29-,30+/m1/s1. The van der Waals surface area contributed by atoms with Crippen molar-refractivity contribution in [1.29, 1.82) is 5.26 Å². The quantitative estimate of drug-likeness (QED) is 0.254. The number of ether oxygens (including phenoxy) is 2. The van der Waals surface area contributed by atoms with Gasteiger partial charge in [-0.1, -0.05) is 41.5 Å². The van der Waals surface area contributed by atoms with Crippen LogP contribution in [0.15, 0.2) is 41.3 Å². The molecule has 7 nitrogen and oxygen atoms in total. The summed E-state index contributed by atoms with van der Waals surface area (Å²) in [6, 6.07) is 10.4. The summed E-state index contributed by atoms with van der Waals surface area (Å²) in [6.07, 6.45) is 2.98. The maximum absolute atomic E-state index is 13.9. The molecule has 0 spiro atoms. The van der Waals surface area contributed by atoms with Crippen LogP contribution in [-0.2, 0) is 14.0 Å². The van der Waals surface area contributed by atoms with Gasteiger partial charge in [0.25, 0.3) is 5.56 Å². The van der Waals surface area contributed by atoms with Crippen LogP contribution in [0.4, 0.5) is 0 Å². The number of nitrogens with zero attached hydrogens (tertiary/aromatic N) is 2. The van der Waals surface area contributed by atoms with Gasteiger partial charge < -0.3 is 18.5 Å². The largest absolute Gasteiger partial charge is 0.484 e. The predicted octanol–water partition coefficient (Wildman–Crippen LogP) is 6.74. The van der Waals surface area contributed by atoms with Gasteiger partial charge in [-0.2, -0.15) is 5.26 Å². The zero-order valence-electron chi connectivity index (χ0n) is 26.7. The van der Waals surface area contributed by atoms with Crippen LogP contribution in [0.5, 0.6) is 5.75 Å². The lowest BCUT2D eigenvalue weighted by Crippen LogP contribution is -2.54. The van der Waals surface area contributed by atoms with E-state index in [1.807, 2.05) is 19.9 Å². The van der Waals surface area contributed by atoms with Gasteiger partial charge in [0.1, 0.15) is 17.4 Å². The fourth-order valence-electron chi connectivity index (χ4n) is 5.91. The number of esters is 1. The Morgan fingerprint density at radius 1 is 1.10 bits per heavy atom. The van der Waals surface area contributed by atoms with Gasteiger partial charge in [0, 0.05) is 30.9 Å². The molecule has 0 bridgehead atoms. The number of nitriles is 1. The summed E-state index contributed by atoms with van der Waals surface area (Å²) in [5.41, 5.74) is 0.908. The number of fused-ring (bicyclic) bond motifs is 1. The highest BCUT2D eigenvalue weighted by atomic mass is 28.3. The van der Waals surface area contributed by atoms with E-state index < -0.39 is 32.8 Å². The molecule has 3 rings (SSSR count). The van der Waals surface area contributed by atoms with Gasteiger partial charge in [-0.05, 0) is 86.4 Å². The lowest BCUT2D eigenvalue weighted by Gasteiger charge is -2.44. The van der Waals surface area contributed by atoms with Crippen LogP contribution < -0.4 is 10.3 Å². The molecule has 224 valence electrons. The Labute approximate surface area is 247 Å². The van der Waals surface area contributed by atoms with E-state index in [1.165, 1.54) is 6.92 Å². The number of hydrogen-bond acceptors (Lipinski definition) is 6.